The molecule has 0 aliphatic heterocycles. The van der Waals surface area contributed by atoms with E-state index in [0.29, 0.717) is 0 Å². The molecule has 0 radical (unpaired) electrons. The standard InChI is InChI=1S/C6H10N2OS/c1-4-5(3-9)10-6(7-2)8-4/h9H,3H2,1-2H3,(H,7,8). The molecular formula is C6H10N2OS. The molecule has 10 heavy (non-hydrogen) atoms. The molecule has 0 aliphatic carbocycles. The van der Waals surface area contributed by atoms with Crippen LogP contribution in [-0.4, -0.2) is 17.1 Å². The van der Waals surface area contributed by atoms with Gasteiger partial charge in [-0.15, -0.1) is 0 Å². The van der Waals surface area contributed by atoms with Gasteiger partial charge in [0.15, 0.2) is 5.13 Å². The van der Waals surface area contributed by atoms with Crippen molar-refractivity contribution in [3.05, 3.63) is 10.6 Å². The second-order valence-corrected chi connectivity index (χ2v) is 3.02. The summed E-state index contributed by atoms with van der Waals surface area (Å²) in [5, 5.41) is 12.6. The lowest BCUT2D eigenvalue weighted by Crippen LogP contribution is -1.85. The number of nitrogens with zero attached hydrogens (tertiary/aromatic N) is 1. The van der Waals surface area contributed by atoms with Crippen molar-refractivity contribution in [3.63, 3.8) is 0 Å². The number of hydrogen-bond acceptors (Lipinski definition) is 4. The van der Waals surface area contributed by atoms with Crippen molar-refractivity contribution >= 4 is 16.5 Å². The van der Waals surface area contributed by atoms with Crippen LogP contribution in [0.1, 0.15) is 10.6 Å². The topological polar surface area (TPSA) is 45.2 Å². The Morgan fingerprint density at radius 3 is 2.70 bits per heavy atom. The zero-order valence-corrected chi connectivity index (χ0v) is 6.83. The summed E-state index contributed by atoms with van der Waals surface area (Å²) < 4.78 is 0. The van der Waals surface area contributed by atoms with Gasteiger partial charge < -0.3 is 10.4 Å². The number of aromatic nitrogens is 1. The first-order valence-corrected chi connectivity index (χ1v) is 3.84. The number of aliphatic hydroxyl groups excluding tert-OH is 1. The predicted molar refractivity (Wildman–Crippen MR) is 42.3 cm³/mol. The minimum absolute atomic E-state index is 0.0885. The maximum atomic E-state index is 8.77. The van der Waals surface area contributed by atoms with Crippen LogP contribution in [-0.2, 0) is 6.61 Å². The molecule has 0 spiro atoms. The Labute approximate surface area is 63.7 Å². The van der Waals surface area contributed by atoms with Gasteiger partial charge in [-0.05, 0) is 6.92 Å². The van der Waals surface area contributed by atoms with Crippen molar-refractivity contribution in [1.29, 1.82) is 0 Å². The maximum absolute atomic E-state index is 8.77. The molecule has 0 aliphatic rings. The molecule has 0 saturated carbocycles. The van der Waals surface area contributed by atoms with Crippen molar-refractivity contribution in [2.75, 3.05) is 12.4 Å². The number of anilines is 1. The second kappa shape index (κ2) is 2.98. The lowest BCUT2D eigenvalue weighted by Gasteiger charge is -1.85. The van der Waals surface area contributed by atoms with Crippen molar-refractivity contribution in [3.8, 4) is 0 Å². The van der Waals surface area contributed by atoms with E-state index in [1.807, 2.05) is 14.0 Å². The minimum atomic E-state index is 0.0885. The van der Waals surface area contributed by atoms with Crippen LogP contribution in [0.4, 0.5) is 5.13 Å². The second-order valence-electron chi connectivity index (χ2n) is 1.94. The molecule has 0 atom stereocenters. The highest BCUT2D eigenvalue weighted by Crippen LogP contribution is 2.21. The first kappa shape index (κ1) is 7.50. The number of aliphatic hydroxyl groups is 1. The third kappa shape index (κ3) is 1.27. The summed E-state index contributed by atoms with van der Waals surface area (Å²) >= 11 is 1.49. The Hall–Kier alpha value is -0.610. The largest absolute Gasteiger partial charge is 0.391 e. The smallest absolute Gasteiger partial charge is 0.182 e. The van der Waals surface area contributed by atoms with Gasteiger partial charge >= 0.3 is 0 Å². The predicted octanol–water partition coefficient (Wildman–Crippen LogP) is 0.986. The van der Waals surface area contributed by atoms with Gasteiger partial charge in [0.2, 0.25) is 0 Å². The summed E-state index contributed by atoms with van der Waals surface area (Å²) in [5.74, 6) is 0. The third-order valence-corrected chi connectivity index (χ3v) is 2.41. The van der Waals surface area contributed by atoms with Gasteiger partial charge in [-0.2, -0.15) is 0 Å². The normalized spacial score (nSPS) is 9.90. The number of aryl methyl sites for hydroxylation is 1. The first-order valence-electron chi connectivity index (χ1n) is 3.03. The van der Waals surface area contributed by atoms with Crippen molar-refractivity contribution in [2.24, 2.45) is 0 Å². The summed E-state index contributed by atoms with van der Waals surface area (Å²) in [6.07, 6.45) is 0. The molecule has 1 aromatic heterocycles. The zero-order valence-electron chi connectivity index (χ0n) is 6.01. The molecule has 0 saturated heterocycles. The van der Waals surface area contributed by atoms with Crippen LogP contribution in [0.25, 0.3) is 0 Å². The summed E-state index contributed by atoms with van der Waals surface area (Å²) in [6.45, 7) is 1.98. The van der Waals surface area contributed by atoms with Gasteiger partial charge in [-0.25, -0.2) is 4.98 Å². The molecule has 56 valence electrons. The number of rotatable bonds is 2. The summed E-state index contributed by atoms with van der Waals surface area (Å²) in [5.41, 5.74) is 0.914. The highest BCUT2D eigenvalue weighted by atomic mass is 32.1. The van der Waals surface area contributed by atoms with Crippen LogP contribution in [0.2, 0.25) is 0 Å². The molecule has 2 N–H and O–H groups in total. The molecule has 0 bridgehead atoms. The Bertz CT molecular complexity index is 222. The van der Waals surface area contributed by atoms with E-state index in [2.05, 4.69) is 10.3 Å². The quantitative estimate of drug-likeness (QED) is 0.674. The number of hydrogen-bond donors (Lipinski definition) is 2. The number of thiazole rings is 1. The van der Waals surface area contributed by atoms with Crippen molar-refractivity contribution in [1.82, 2.24) is 4.98 Å². The fraction of sp³-hybridized carbons (Fsp3) is 0.500. The van der Waals surface area contributed by atoms with E-state index < -0.39 is 0 Å². The molecule has 0 fully saturated rings. The molecule has 0 amide bonds. The molecule has 0 aromatic carbocycles. The fourth-order valence-electron chi connectivity index (χ4n) is 0.682. The Kier molecular flexibility index (Phi) is 2.24. The molecule has 4 heteroatoms. The van der Waals surface area contributed by atoms with E-state index in [4.69, 9.17) is 5.11 Å². The van der Waals surface area contributed by atoms with E-state index in [9.17, 15) is 0 Å². The average molecular weight is 158 g/mol. The van der Waals surface area contributed by atoms with Gasteiger partial charge in [0.1, 0.15) is 0 Å². The molecule has 1 heterocycles. The highest BCUT2D eigenvalue weighted by Gasteiger charge is 2.03. The van der Waals surface area contributed by atoms with Gasteiger partial charge in [-0.3, -0.25) is 0 Å². The van der Waals surface area contributed by atoms with E-state index in [1.54, 1.807) is 0 Å². The minimum Gasteiger partial charge on any atom is -0.391 e. The van der Waals surface area contributed by atoms with Gasteiger partial charge in [0, 0.05) is 7.05 Å². The molecule has 1 rings (SSSR count). The van der Waals surface area contributed by atoms with Crippen LogP contribution in [0.15, 0.2) is 0 Å². The maximum Gasteiger partial charge on any atom is 0.182 e. The number of nitrogens with one attached hydrogen (secondary N) is 1. The van der Waals surface area contributed by atoms with Crippen LogP contribution in [0.3, 0.4) is 0 Å². The molecule has 0 unspecified atom stereocenters. The van der Waals surface area contributed by atoms with Crippen molar-refractivity contribution < 1.29 is 5.11 Å². The van der Waals surface area contributed by atoms with Gasteiger partial charge in [0.05, 0.1) is 17.2 Å². The average Bonchev–Trinajstić information content (AvgIpc) is 2.30. The summed E-state index contributed by atoms with van der Waals surface area (Å²) in [7, 11) is 1.82. The van der Waals surface area contributed by atoms with E-state index in [0.717, 1.165) is 15.7 Å². The van der Waals surface area contributed by atoms with Crippen LogP contribution < -0.4 is 5.32 Å². The Morgan fingerprint density at radius 1 is 1.70 bits per heavy atom. The SMILES string of the molecule is CNc1nc(C)c(CO)s1. The Balaban J connectivity index is 2.92. The fourth-order valence-corrected chi connectivity index (χ4v) is 1.46. The third-order valence-electron chi connectivity index (χ3n) is 1.25. The highest BCUT2D eigenvalue weighted by molar-refractivity contribution is 7.15. The van der Waals surface area contributed by atoms with Crippen molar-refractivity contribution in [2.45, 2.75) is 13.5 Å². The lowest BCUT2D eigenvalue weighted by molar-refractivity contribution is 0.284. The van der Waals surface area contributed by atoms with Crippen LogP contribution in [0.5, 0.6) is 0 Å². The van der Waals surface area contributed by atoms with E-state index in [-0.39, 0.29) is 6.61 Å². The summed E-state index contributed by atoms with van der Waals surface area (Å²) in [4.78, 5) is 5.08. The van der Waals surface area contributed by atoms with E-state index >= 15 is 0 Å². The monoisotopic (exact) mass is 158 g/mol. The van der Waals surface area contributed by atoms with Crippen LogP contribution >= 0.6 is 11.3 Å². The van der Waals surface area contributed by atoms with Gasteiger partial charge in [0.25, 0.3) is 0 Å². The summed E-state index contributed by atoms with van der Waals surface area (Å²) in [6, 6.07) is 0. The van der Waals surface area contributed by atoms with Crippen LogP contribution in [0, 0.1) is 6.92 Å². The van der Waals surface area contributed by atoms with E-state index in [1.165, 1.54) is 11.3 Å². The van der Waals surface area contributed by atoms with Gasteiger partial charge in [-0.1, -0.05) is 11.3 Å². The lowest BCUT2D eigenvalue weighted by atomic mass is 10.4. The first-order chi connectivity index (χ1) is 4.77. The molecular weight excluding hydrogens is 148 g/mol. The Morgan fingerprint density at radius 2 is 2.40 bits per heavy atom. The molecule has 1 aromatic rings. The zero-order chi connectivity index (χ0) is 7.56. The molecule has 3 nitrogen and oxygen atoms in total.